The second-order valence-electron chi connectivity index (χ2n) is 2.82. The van der Waals surface area contributed by atoms with Crippen molar-refractivity contribution >= 4 is 0 Å². The molecule has 0 unspecified atom stereocenters. The molecule has 0 bridgehead atoms. The number of methoxy groups -OCH3 is 1. The van der Waals surface area contributed by atoms with Crippen LogP contribution in [0.1, 0.15) is 11.1 Å². The van der Waals surface area contributed by atoms with E-state index in [1.54, 1.807) is 7.11 Å². The molecule has 1 aromatic carbocycles. The van der Waals surface area contributed by atoms with Gasteiger partial charge >= 0.3 is 0 Å². The molecule has 2 heteroatoms. The quantitative estimate of drug-likeness (QED) is 0.641. The summed E-state index contributed by atoms with van der Waals surface area (Å²) in [5.41, 5.74) is 2.34. The lowest BCUT2D eigenvalue weighted by molar-refractivity contribution is 0.0506. The number of ether oxygens (including phenoxy) is 2. The van der Waals surface area contributed by atoms with Crippen LogP contribution in [0.4, 0.5) is 0 Å². The maximum atomic E-state index is 5.34. The monoisotopic (exact) mass is 166 g/mol. The highest BCUT2D eigenvalue weighted by Crippen LogP contribution is 2.18. The van der Waals surface area contributed by atoms with Crippen LogP contribution in [-0.4, -0.2) is 13.9 Å². The minimum absolute atomic E-state index is 0.310. The highest BCUT2D eigenvalue weighted by Gasteiger charge is 1.97. The van der Waals surface area contributed by atoms with Crippen LogP contribution in [0.25, 0.3) is 0 Å². The van der Waals surface area contributed by atoms with Gasteiger partial charge in [0.15, 0.2) is 6.79 Å². The van der Waals surface area contributed by atoms with Gasteiger partial charge in [0.05, 0.1) is 0 Å². The van der Waals surface area contributed by atoms with Crippen LogP contribution in [0.3, 0.4) is 0 Å². The summed E-state index contributed by atoms with van der Waals surface area (Å²) in [5.74, 6) is 0.900. The van der Waals surface area contributed by atoms with E-state index in [4.69, 9.17) is 9.47 Å². The molecule has 66 valence electrons. The molecule has 0 atom stereocenters. The van der Waals surface area contributed by atoms with E-state index < -0.39 is 0 Å². The molecule has 0 fully saturated rings. The van der Waals surface area contributed by atoms with Crippen molar-refractivity contribution < 1.29 is 9.47 Å². The van der Waals surface area contributed by atoms with E-state index in [0.29, 0.717) is 6.79 Å². The zero-order valence-corrected chi connectivity index (χ0v) is 7.76. The smallest absolute Gasteiger partial charge is 0.188 e. The van der Waals surface area contributed by atoms with Crippen molar-refractivity contribution in [1.29, 1.82) is 0 Å². The summed E-state index contributed by atoms with van der Waals surface area (Å²) in [6.07, 6.45) is 0. The van der Waals surface area contributed by atoms with Gasteiger partial charge in [0.1, 0.15) is 5.75 Å². The number of rotatable bonds is 3. The molecule has 0 aliphatic rings. The summed E-state index contributed by atoms with van der Waals surface area (Å²) in [6, 6.07) is 6.11. The van der Waals surface area contributed by atoms with E-state index in [0.717, 1.165) is 11.3 Å². The molecule has 0 saturated heterocycles. The SMILES string of the molecule is COCOc1cc(C)ccc1C. The topological polar surface area (TPSA) is 18.5 Å². The van der Waals surface area contributed by atoms with Crippen LogP contribution in [-0.2, 0) is 4.74 Å². The van der Waals surface area contributed by atoms with Crippen molar-refractivity contribution in [3.05, 3.63) is 29.3 Å². The molecule has 0 aromatic heterocycles. The fraction of sp³-hybridized carbons (Fsp3) is 0.400. The van der Waals surface area contributed by atoms with Gasteiger partial charge in [-0.2, -0.15) is 0 Å². The van der Waals surface area contributed by atoms with E-state index in [1.807, 2.05) is 26.0 Å². The van der Waals surface area contributed by atoms with E-state index in [-0.39, 0.29) is 0 Å². The lowest BCUT2D eigenvalue weighted by Crippen LogP contribution is -2.00. The zero-order valence-electron chi connectivity index (χ0n) is 7.76. The summed E-state index contributed by atoms with van der Waals surface area (Å²) in [5, 5.41) is 0. The third kappa shape index (κ3) is 2.24. The fourth-order valence-corrected chi connectivity index (χ4v) is 0.985. The first-order chi connectivity index (χ1) is 5.74. The van der Waals surface area contributed by atoms with Crippen molar-refractivity contribution in [1.82, 2.24) is 0 Å². The molecular formula is C10H14O2. The first-order valence-corrected chi connectivity index (χ1v) is 3.93. The van der Waals surface area contributed by atoms with Crippen LogP contribution in [0, 0.1) is 13.8 Å². The van der Waals surface area contributed by atoms with Crippen molar-refractivity contribution in [2.75, 3.05) is 13.9 Å². The summed E-state index contributed by atoms with van der Waals surface area (Å²) in [6.45, 7) is 4.37. The Hall–Kier alpha value is -1.02. The zero-order chi connectivity index (χ0) is 8.97. The highest BCUT2D eigenvalue weighted by molar-refractivity contribution is 5.35. The van der Waals surface area contributed by atoms with Gasteiger partial charge in [0.2, 0.25) is 0 Å². The van der Waals surface area contributed by atoms with Gasteiger partial charge in [-0.1, -0.05) is 12.1 Å². The molecule has 0 saturated carbocycles. The molecule has 0 aliphatic carbocycles. The van der Waals surface area contributed by atoms with Gasteiger partial charge < -0.3 is 9.47 Å². The second-order valence-corrected chi connectivity index (χ2v) is 2.82. The van der Waals surface area contributed by atoms with Crippen molar-refractivity contribution in [2.24, 2.45) is 0 Å². The Morgan fingerprint density at radius 2 is 2.00 bits per heavy atom. The first kappa shape index (κ1) is 9.07. The van der Waals surface area contributed by atoms with Gasteiger partial charge in [-0.25, -0.2) is 0 Å². The van der Waals surface area contributed by atoms with Crippen molar-refractivity contribution in [3.8, 4) is 5.75 Å². The Morgan fingerprint density at radius 1 is 1.25 bits per heavy atom. The summed E-state index contributed by atoms with van der Waals surface area (Å²) in [7, 11) is 1.62. The van der Waals surface area contributed by atoms with Gasteiger partial charge in [0.25, 0.3) is 0 Å². The Kier molecular flexibility index (Phi) is 3.11. The molecule has 1 rings (SSSR count). The van der Waals surface area contributed by atoms with Crippen LogP contribution >= 0.6 is 0 Å². The Balaban J connectivity index is 2.75. The van der Waals surface area contributed by atoms with E-state index in [2.05, 4.69) is 6.07 Å². The van der Waals surface area contributed by atoms with Gasteiger partial charge in [-0.05, 0) is 31.0 Å². The van der Waals surface area contributed by atoms with Crippen molar-refractivity contribution in [2.45, 2.75) is 13.8 Å². The first-order valence-electron chi connectivity index (χ1n) is 3.93. The van der Waals surface area contributed by atoms with Gasteiger partial charge in [-0.3, -0.25) is 0 Å². The average molecular weight is 166 g/mol. The maximum Gasteiger partial charge on any atom is 0.188 e. The molecule has 0 heterocycles. The Bertz CT molecular complexity index is 256. The lowest BCUT2D eigenvalue weighted by atomic mass is 10.1. The van der Waals surface area contributed by atoms with E-state index >= 15 is 0 Å². The largest absolute Gasteiger partial charge is 0.467 e. The van der Waals surface area contributed by atoms with Crippen LogP contribution in [0.15, 0.2) is 18.2 Å². The predicted molar refractivity (Wildman–Crippen MR) is 48.4 cm³/mol. The molecule has 0 spiro atoms. The maximum absolute atomic E-state index is 5.34. The van der Waals surface area contributed by atoms with Crippen LogP contribution in [0.2, 0.25) is 0 Å². The third-order valence-electron chi connectivity index (χ3n) is 1.68. The Morgan fingerprint density at radius 3 is 2.67 bits per heavy atom. The molecule has 2 nitrogen and oxygen atoms in total. The minimum Gasteiger partial charge on any atom is -0.467 e. The van der Waals surface area contributed by atoms with Gasteiger partial charge in [0, 0.05) is 7.11 Å². The van der Waals surface area contributed by atoms with Gasteiger partial charge in [-0.15, -0.1) is 0 Å². The van der Waals surface area contributed by atoms with E-state index in [9.17, 15) is 0 Å². The normalized spacial score (nSPS) is 9.92. The number of aryl methyl sites for hydroxylation is 2. The molecule has 0 N–H and O–H groups in total. The number of hydrogen-bond acceptors (Lipinski definition) is 2. The molecule has 0 radical (unpaired) electrons. The molecule has 0 amide bonds. The number of benzene rings is 1. The lowest BCUT2D eigenvalue weighted by Gasteiger charge is -2.08. The second kappa shape index (κ2) is 4.12. The summed E-state index contributed by atoms with van der Waals surface area (Å²) >= 11 is 0. The van der Waals surface area contributed by atoms with Crippen LogP contribution < -0.4 is 4.74 Å². The highest BCUT2D eigenvalue weighted by atomic mass is 16.7. The molecule has 1 aromatic rings. The fourth-order valence-electron chi connectivity index (χ4n) is 0.985. The van der Waals surface area contributed by atoms with Crippen LogP contribution in [0.5, 0.6) is 5.75 Å². The predicted octanol–water partition coefficient (Wildman–Crippen LogP) is 2.29. The third-order valence-corrected chi connectivity index (χ3v) is 1.68. The molecule has 0 aliphatic heterocycles. The summed E-state index contributed by atoms with van der Waals surface area (Å²) < 4.78 is 10.2. The van der Waals surface area contributed by atoms with E-state index in [1.165, 1.54) is 5.56 Å². The Labute approximate surface area is 73.1 Å². The molecular weight excluding hydrogens is 152 g/mol. The standard InChI is InChI=1S/C10H14O2/c1-8-4-5-9(2)10(6-8)12-7-11-3/h4-6H,7H2,1-3H3. The molecule has 12 heavy (non-hydrogen) atoms. The summed E-state index contributed by atoms with van der Waals surface area (Å²) in [4.78, 5) is 0. The number of hydrogen-bond donors (Lipinski definition) is 0. The van der Waals surface area contributed by atoms with Crippen molar-refractivity contribution in [3.63, 3.8) is 0 Å². The minimum atomic E-state index is 0.310. The average Bonchev–Trinajstić information content (AvgIpc) is 2.07.